The minimum absolute atomic E-state index is 0.0844. The van der Waals surface area contributed by atoms with Gasteiger partial charge in [0.15, 0.2) is 0 Å². The van der Waals surface area contributed by atoms with Gasteiger partial charge in [0.1, 0.15) is 0 Å². The second kappa shape index (κ2) is 4.40. The van der Waals surface area contributed by atoms with Gasteiger partial charge in [0.05, 0.1) is 10.9 Å². The summed E-state index contributed by atoms with van der Waals surface area (Å²) in [4.78, 5) is 20.9. The van der Waals surface area contributed by atoms with E-state index in [1.807, 2.05) is 37.1 Å². The normalized spacial score (nSPS) is 10.7. The monoisotopic (exact) mass is 329 g/mol. The van der Waals surface area contributed by atoms with Crippen LogP contribution in [0.3, 0.4) is 0 Å². The van der Waals surface area contributed by atoms with Gasteiger partial charge in [-0.15, -0.1) is 0 Å². The van der Waals surface area contributed by atoms with Gasteiger partial charge in [0.2, 0.25) is 5.95 Å². The Morgan fingerprint density at radius 1 is 1.50 bits per heavy atom. The fourth-order valence-corrected chi connectivity index (χ4v) is 1.92. The first-order chi connectivity index (χ1) is 7.61. The highest BCUT2D eigenvalue weighted by molar-refractivity contribution is 14.1. The van der Waals surface area contributed by atoms with Gasteiger partial charge >= 0.3 is 0 Å². The van der Waals surface area contributed by atoms with Crippen LogP contribution in [0, 0.1) is 3.57 Å². The van der Waals surface area contributed by atoms with E-state index < -0.39 is 0 Å². The van der Waals surface area contributed by atoms with Crippen molar-refractivity contribution in [3.05, 3.63) is 32.1 Å². The molecule has 0 fully saturated rings. The molecule has 0 saturated heterocycles. The number of halogens is 1. The quantitative estimate of drug-likeness (QED) is 0.858. The molecule has 84 valence electrons. The molecule has 4 nitrogen and oxygen atoms in total. The van der Waals surface area contributed by atoms with Crippen molar-refractivity contribution < 1.29 is 0 Å². The minimum atomic E-state index is -0.0844. The van der Waals surface area contributed by atoms with Crippen LogP contribution in [0.25, 0.3) is 10.9 Å². The largest absolute Gasteiger partial charge is 0.346 e. The molecule has 1 heterocycles. The summed E-state index contributed by atoms with van der Waals surface area (Å²) in [6.07, 6.45) is 0. The molecule has 1 aromatic heterocycles. The summed E-state index contributed by atoms with van der Waals surface area (Å²) in [6.45, 7) is 2.82. The first-order valence-corrected chi connectivity index (χ1v) is 6.10. The molecule has 0 bridgehead atoms. The maximum absolute atomic E-state index is 11.8. The average molecular weight is 329 g/mol. The molecule has 0 atom stereocenters. The maximum atomic E-state index is 11.8. The Bertz CT molecular complexity index is 579. The lowest BCUT2D eigenvalue weighted by molar-refractivity contribution is 0.903. The lowest BCUT2D eigenvalue weighted by Gasteiger charge is -2.14. The smallest absolute Gasteiger partial charge is 0.260 e. The zero-order valence-electron chi connectivity index (χ0n) is 9.12. The summed E-state index contributed by atoms with van der Waals surface area (Å²) < 4.78 is 1.04. The second-order valence-electron chi connectivity index (χ2n) is 3.57. The van der Waals surface area contributed by atoms with Crippen LogP contribution in [-0.2, 0) is 0 Å². The predicted molar refractivity (Wildman–Crippen MR) is 74.0 cm³/mol. The molecular formula is C11H12IN3O. The molecule has 16 heavy (non-hydrogen) atoms. The Hall–Kier alpha value is -1.11. The van der Waals surface area contributed by atoms with E-state index >= 15 is 0 Å². The van der Waals surface area contributed by atoms with Crippen LogP contribution < -0.4 is 10.5 Å². The summed E-state index contributed by atoms with van der Waals surface area (Å²) in [6, 6.07) is 5.67. The van der Waals surface area contributed by atoms with Crippen molar-refractivity contribution in [1.82, 2.24) is 9.97 Å². The molecule has 0 saturated carbocycles. The van der Waals surface area contributed by atoms with Crippen molar-refractivity contribution in [2.75, 3.05) is 18.5 Å². The van der Waals surface area contributed by atoms with E-state index in [1.165, 1.54) is 0 Å². The van der Waals surface area contributed by atoms with E-state index in [2.05, 4.69) is 32.6 Å². The first-order valence-electron chi connectivity index (χ1n) is 5.02. The topological polar surface area (TPSA) is 49.0 Å². The number of aromatic nitrogens is 2. The van der Waals surface area contributed by atoms with Gasteiger partial charge in [0, 0.05) is 17.2 Å². The number of H-pyrrole nitrogens is 1. The highest BCUT2D eigenvalue weighted by atomic mass is 127. The van der Waals surface area contributed by atoms with Crippen LogP contribution in [0.15, 0.2) is 23.0 Å². The van der Waals surface area contributed by atoms with Gasteiger partial charge < -0.3 is 4.90 Å². The predicted octanol–water partition coefficient (Wildman–Crippen LogP) is 1.98. The Morgan fingerprint density at radius 3 is 2.94 bits per heavy atom. The Kier molecular flexibility index (Phi) is 3.13. The van der Waals surface area contributed by atoms with E-state index in [0.29, 0.717) is 11.3 Å². The third-order valence-electron chi connectivity index (χ3n) is 2.49. The molecule has 2 rings (SSSR count). The van der Waals surface area contributed by atoms with E-state index in [0.717, 1.165) is 15.6 Å². The van der Waals surface area contributed by atoms with Crippen molar-refractivity contribution in [3.8, 4) is 0 Å². The minimum Gasteiger partial charge on any atom is -0.346 e. The number of hydrogen-bond acceptors (Lipinski definition) is 3. The number of aromatic amines is 1. The van der Waals surface area contributed by atoms with E-state index in [9.17, 15) is 4.79 Å². The summed E-state index contributed by atoms with van der Waals surface area (Å²) in [7, 11) is 1.90. The van der Waals surface area contributed by atoms with Crippen LogP contribution in [0.5, 0.6) is 0 Å². The molecule has 0 aliphatic heterocycles. The van der Waals surface area contributed by atoms with Crippen LogP contribution in [0.4, 0.5) is 5.95 Å². The molecule has 5 heteroatoms. The standard InChI is InChI=1S/C11H12IN3O/c1-3-15(2)11-13-9-5-4-7(12)6-8(9)10(16)14-11/h4-6H,3H2,1-2H3,(H,13,14,16). The van der Waals surface area contributed by atoms with Crippen LogP contribution >= 0.6 is 22.6 Å². The van der Waals surface area contributed by atoms with Gasteiger partial charge in [-0.2, -0.15) is 0 Å². The lowest BCUT2D eigenvalue weighted by Crippen LogP contribution is -2.22. The summed E-state index contributed by atoms with van der Waals surface area (Å²) in [5, 5.41) is 0.639. The summed E-state index contributed by atoms with van der Waals surface area (Å²) >= 11 is 2.18. The highest BCUT2D eigenvalue weighted by Crippen LogP contribution is 2.14. The first kappa shape index (κ1) is 11.4. The third kappa shape index (κ3) is 2.04. The fourth-order valence-electron chi connectivity index (χ4n) is 1.43. The van der Waals surface area contributed by atoms with Crippen molar-refractivity contribution in [3.63, 3.8) is 0 Å². The van der Waals surface area contributed by atoms with Crippen molar-refractivity contribution >= 4 is 39.4 Å². The van der Waals surface area contributed by atoms with Crippen molar-refractivity contribution in [2.45, 2.75) is 6.92 Å². The zero-order chi connectivity index (χ0) is 11.7. The Morgan fingerprint density at radius 2 is 2.25 bits per heavy atom. The number of anilines is 1. The zero-order valence-corrected chi connectivity index (χ0v) is 11.3. The number of nitrogens with zero attached hydrogens (tertiary/aromatic N) is 2. The third-order valence-corrected chi connectivity index (χ3v) is 3.16. The maximum Gasteiger partial charge on any atom is 0.260 e. The van der Waals surface area contributed by atoms with Crippen molar-refractivity contribution in [2.24, 2.45) is 0 Å². The second-order valence-corrected chi connectivity index (χ2v) is 4.81. The summed E-state index contributed by atoms with van der Waals surface area (Å²) in [5.74, 6) is 0.612. The Labute approximate surface area is 107 Å². The molecule has 0 aliphatic carbocycles. The number of benzene rings is 1. The molecule has 0 radical (unpaired) electrons. The van der Waals surface area contributed by atoms with Gasteiger partial charge in [-0.1, -0.05) is 0 Å². The number of hydrogen-bond donors (Lipinski definition) is 1. The van der Waals surface area contributed by atoms with E-state index in [4.69, 9.17) is 0 Å². The van der Waals surface area contributed by atoms with Crippen LogP contribution in [0.2, 0.25) is 0 Å². The molecule has 0 unspecified atom stereocenters. The van der Waals surface area contributed by atoms with Gasteiger partial charge in [-0.05, 0) is 47.7 Å². The highest BCUT2D eigenvalue weighted by Gasteiger charge is 2.06. The van der Waals surface area contributed by atoms with E-state index in [-0.39, 0.29) is 5.56 Å². The average Bonchev–Trinajstić information content (AvgIpc) is 2.28. The molecule has 0 aliphatic rings. The molecular weight excluding hydrogens is 317 g/mol. The number of fused-ring (bicyclic) bond motifs is 1. The fraction of sp³-hybridized carbons (Fsp3) is 0.273. The lowest BCUT2D eigenvalue weighted by atomic mass is 10.2. The van der Waals surface area contributed by atoms with Crippen molar-refractivity contribution in [1.29, 1.82) is 0 Å². The molecule has 2 aromatic rings. The van der Waals surface area contributed by atoms with Crippen LogP contribution in [0.1, 0.15) is 6.92 Å². The Balaban J connectivity index is 2.69. The van der Waals surface area contributed by atoms with E-state index in [1.54, 1.807) is 0 Å². The SMILES string of the molecule is CCN(C)c1nc2ccc(I)cc2c(=O)[nH]1. The number of nitrogens with one attached hydrogen (secondary N) is 1. The number of rotatable bonds is 2. The molecule has 1 N–H and O–H groups in total. The molecule has 0 spiro atoms. The molecule has 0 amide bonds. The van der Waals surface area contributed by atoms with Crippen LogP contribution in [-0.4, -0.2) is 23.6 Å². The van der Waals surface area contributed by atoms with Gasteiger partial charge in [-0.25, -0.2) is 4.98 Å². The van der Waals surface area contributed by atoms with Gasteiger partial charge in [0.25, 0.3) is 5.56 Å². The van der Waals surface area contributed by atoms with Gasteiger partial charge in [-0.3, -0.25) is 9.78 Å². The summed E-state index contributed by atoms with van der Waals surface area (Å²) in [5.41, 5.74) is 0.651. The molecule has 1 aromatic carbocycles.